The Morgan fingerprint density at radius 3 is 2.27 bits per heavy atom. The Bertz CT molecular complexity index is 1820. The molecule has 1 heterocycles. The lowest BCUT2D eigenvalue weighted by molar-refractivity contribution is -0.0479. The van der Waals surface area contributed by atoms with Gasteiger partial charge in [0.2, 0.25) is 0 Å². The van der Waals surface area contributed by atoms with Crippen molar-refractivity contribution in [2.24, 2.45) is 0 Å². The molecule has 48 heavy (non-hydrogen) atoms. The molecule has 1 saturated carbocycles. The van der Waals surface area contributed by atoms with Crippen molar-refractivity contribution >= 4 is 44.9 Å². The second-order valence-corrected chi connectivity index (χ2v) is 14.7. The number of nitrogens with zero attached hydrogens (tertiary/aromatic N) is 2. The number of carbonyl (C=O) groups excluding carboxylic acids is 2. The summed E-state index contributed by atoms with van der Waals surface area (Å²) in [4.78, 5) is 28.7. The van der Waals surface area contributed by atoms with Crippen LogP contribution in [0.3, 0.4) is 0 Å². The molecule has 0 spiro atoms. The zero-order valence-electron chi connectivity index (χ0n) is 28.0. The van der Waals surface area contributed by atoms with E-state index in [1.807, 2.05) is 62.1 Å². The van der Waals surface area contributed by atoms with Crippen LogP contribution in [0.25, 0.3) is 21.2 Å². The third-order valence-electron chi connectivity index (χ3n) is 8.86. The van der Waals surface area contributed by atoms with E-state index in [9.17, 15) is 23.5 Å². The highest BCUT2D eigenvalue weighted by Crippen LogP contribution is 2.44. The molecule has 0 radical (unpaired) electrons. The van der Waals surface area contributed by atoms with Crippen molar-refractivity contribution in [2.45, 2.75) is 83.8 Å². The first-order valence-corrected chi connectivity index (χ1v) is 17.1. The van der Waals surface area contributed by atoms with Gasteiger partial charge in [-0.3, -0.25) is 9.69 Å². The van der Waals surface area contributed by atoms with E-state index >= 15 is 0 Å². The first-order valence-electron chi connectivity index (χ1n) is 15.9. The van der Waals surface area contributed by atoms with Crippen LogP contribution in [0.5, 0.6) is 5.75 Å². The van der Waals surface area contributed by atoms with Crippen LogP contribution in [0.2, 0.25) is 5.02 Å². The van der Waals surface area contributed by atoms with Crippen LogP contribution < -0.4 is 4.74 Å². The lowest BCUT2D eigenvalue weighted by Gasteiger charge is -2.41. The van der Waals surface area contributed by atoms with Crippen LogP contribution in [0.15, 0.2) is 54.6 Å². The number of amides is 1. The number of fused-ring (bicyclic) bond motifs is 1. The maximum absolute atomic E-state index is 14.9. The first kappa shape index (κ1) is 35.7. The summed E-state index contributed by atoms with van der Waals surface area (Å²) in [7, 11) is 3.31. The molecule has 256 valence electrons. The number of methoxy groups -OCH3 is 1. The van der Waals surface area contributed by atoms with Gasteiger partial charge < -0.3 is 19.5 Å². The molecule has 0 aliphatic heterocycles. The predicted molar refractivity (Wildman–Crippen MR) is 186 cm³/mol. The van der Waals surface area contributed by atoms with Crippen LogP contribution in [-0.2, 0) is 11.3 Å². The minimum absolute atomic E-state index is 0.0235. The van der Waals surface area contributed by atoms with Crippen LogP contribution in [-0.4, -0.2) is 58.6 Å². The summed E-state index contributed by atoms with van der Waals surface area (Å²) in [5.41, 5.74) is 2.45. The SMILES string of the molecule is COc1ccc(-c2cccc(C(C)=O)c2)cc1CN(C(O)c1sc2c(F)ccc(F)c2c1Cl)[C@H]1CC[C@H](N(C)C(=O)OC(C)(C)C)CC1. The normalized spacial score (nSPS) is 17.4. The average molecular weight is 699 g/mol. The first-order chi connectivity index (χ1) is 22.7. The lowest BCUT2D eigenvalue weighted by Crippen LogP contribution is -2.46. The van der Waals surface area contributed by atoms with E-state index in [0.29, 0.717) is 37.0 Å². The molecule has 0 saturated heterocycles. The summed E-state index contributed by atoms with van der Waals surface area (Å²) in [5, 5.41) is 12.0. The Labute approximate surface area is 289 Å². The van der Waals surface area contributed by atoms with Crippen LogP contribution in [0.1, 0.15) is 80.4 Å². The van der Waals surface area contributed by atoms with E-state index in [0.717, 1.165) is 40.2 Å². The second kappa shape index (κ2) is 14.5. The molecule has 5 rings (SSSR count). The minimum Gasteiger partial charge on any atom is -0.496 e. The number of aliphatic hydroxyl groups is 1. The largest absolute Gasteiger partial charge is 0.496 e. The van der Waals surface area contributed by atoms with Gasteiger partial charge in [0, 0.05) is 36.8 Å². The van der Waals surface area contributed by atoms with Gasteiger partial charge in [0.15, 0.2) is 5.78 Å². The zero-order valence-corrected chi connectivity index (χ0v) is 29.6. The van der Waals surface area contributed by atoms with Crippen molar-refractivity contribution in [3.05, 3.63) is 87.3 Å². The predicted octanol–water partition coefficient (Wildman–Crippen LogP) is 9.38. The number of aliphatic hydroxyl groups excluding tert-OH is 1. The van der Waals surface area contributed by atoms with Crippen molar-refractivity contribution in [1.82, 2.24) is 9.80 Å². The number of ether oxygens (including phenoxy) is 2. The van der Waals surface area contributed by atoms with Gasteiger partial charge in [-0.2, -0.15) is 0 Å². The lowest BCUT2D eigenvalue weighted by atomic mass is 9.88. The Hall–Kier alpha value is -3.57. The van der Waals surface area contributed by atoms with Gasteiger partial charge in [-0.05, 0) is 94.8 Å². The van der Waals surface area contributed by atoms with Crippen molar-refractivity contribution in [2.75, 3.05) is 14.2 Å². The number of rotatable bonds is 9. The molecular weight excluding hydrogens is 658 g/mol. The molecule has 1 unspecified atom stereocenters. The summed E-state index contributed by atoms with van der Waals surface area (Å²) in [6.45, 7) is 7.23. The molecule has 4 aromatic rings. The quantitative estimate of drug-likeness (QED) is 0.139. The van der Waals surface area contributed by atoms with E-state index in [1.165, 1.54) is 6.92 Å². The zero-order chi connectivity index (χ0) is 34.9. The number of hydrogen-bond donors (Lipinski definition) is 1. The number of thiophene rings is 1. The number of ketones is 1. The maximum atomic E-state index is 14.9. The number of benzene rings is 3. The summed E-state index contributed by atoms with van der Waals surface area (Å²) < 4.78 is 41.0. The van der Waals surface area contributed by atoms with E-state index < -0.39 is 23.5 Å². The molecule has 7 nitrogen and oxygen atoms in total. The van der Waals surface area contributed by atoms with Gasteiger partial charge in [-0.1, -0.05) is 35.9 Å². The smallest absolute Gasteiger partial charge is 0.410 e. The molecule has 1 N–H and O–H groups in total. The monoisotopic (exact) mass is 698 g/mol. The van der Waals surface area contributed by atoms with E-state index in [-0.39, 0.29) is 50.5 Å². The summed E-state index contributed by atoms with van der Waals surface area (Å²) in [6.07, 6.45) is 0.878. The molecule has 11 heteroatoms. The Kier molecular flexibility index (Phi) is 10.8. The maximum Gasteiger partial charge on any atom is 0.410 e. The van der Waals surface area contributed by atoms with Crippen LogP contribution in [0.4, 0.5) is 13.6 Å². The molecule has 1 aliphatic rings. The van der Waals surface area contributed by atoms with Gasteiger partial charge in [0.25, 0.3) is 0 Å². The van der Waals surface area contributed by atoms with Gasteiger partial charge in [-0.15, -0.1) is 11.3 Å². The van der Waals surface area contributed by atoms with Crippen molar-refractivity contribution in [3.8, 4) is 16.9 Å². The Morgan fingerprint density at radius 1 is 1.00 bits per heavy atom. The number of hydrogen-bond acceptors (Lipinski definition) is 7. The summed E-state index contributed by atoms with van der Waals surface area (Å²) in [5.74, 6) is -0.723. The molecule has 1 aliphatic carbocycles. The molecule has 3 aromatic carbocycles. The molecule has 1 fully saturated rings. The Balaban J connectivity index is 1.50. The molecular formula is C37H41ClF2N2O5S. The highest BCUT2D eigenvalue weighted by molar-refractivity contribution is 7.19. The minimum atomic E-state index is -1.30. The third-order valence-corrected chi connectivity index (χ3v) is 10.6. The Morgan fingerprint density at radius 2 is 1.65 bits per heavy atom. The fraction of sp³-hybridized carbons (Fsp3) is 0.405. The van der Waals surface area contributed by atoms with Crippen molar-refractivity contribution in [3.63, 3.8) is 0 Å². The van der Waals surface area contributed by atoms with Gasteiger partial charge in [0.05, 0.1) is 27.1 Å². The number of carbonyl (C=O) groups is 2. The fourth-order valence-corrected chi connectivity index (χ4v) is 7.88. The number of Topliss-reactive ketones (excluding diaryl/α,β-unsaturated/α-hetero) is 1. The van der Waals surface area contributed by atoms with E-state index in [1.54, 1.807) is 25.1 Å². The molecule has 1 aromatic heterocycles. The van der Waals surface area contributed by atoms with Gasteiger partial charge in [0.1, 0.15) is 29.2 Å². The highest BCUT2D eigenvalue weighted by Gasteiger charge is 2.36. The van der Waals surface area contributed by atoms with E-state index in [4.69, 9.17) is 21.1 Å². The van der Waals surface area contributed by atoms with Gasteiger partial charge >= 0.3 is 6.09 Å². The van der Waals surface area contributed by atoms with Crippen molar-refractivity contribution in [1.29, 1.82) is 0 Å². The van der Waals surface area contributed by atoms with Crippen LogP contribution >= 0.6 is 22.9 Å². The second-order valence-electron chi connectivity index (χ2n) is 13.3. The van der Waals surface area contributed by atoms with Crippen molar-refractivity contribution < 1.29 is 33.0 Å². The number of halogens is 3. The molecule has 1 atom stereocenters. The third kappa shape index (κ3) is 7.67. The summed E-state index contributed by atoms with van der Waals surface area (Å²) >= 11 is 7.61. The van der Waals surface area contributed by atoms with Crippen LogP contribution in [0, 0.1) is 11.6 Å². The summed E-state index contributed by atoms with van der Waals surface area (Å²) in [6, 6.07) is 14.9. The molecule has 0 bridgehead atoms. The molecule has 1 amide bonds. The highest BCUT2D eigenvalue weighted by atomic mass is 35.5. The van der Waals surface area contributed by atoms with Gasteiger partial charge in [-0.25, -0.2) is 13.6 Å². The fourth-order valence-electron chi connectivity index (χ4n) is 6.30. The topological polar surface area (TPSA) is 79.3 Å². The average Bonchev–Trinajstić information content (AvgIpc) is 3.42. The standard InChI is InChI=1S/C37H41ClF2N2O5S/c1-21(43)22-8-7-9-23(18-22)24-10-17-30(46-6)25(19-24)20-42(27-13-11-26(12-14-27)41(5)36(45)47-37(2,3)4)35(44)34-32(38)31-28(39)15-16-29(40)33(31)48-34/h7-10,15-19,26-27,35,44H,11-14,20H2,1-6H3/t26-,27-,35?. The van der Waals surface area contributed by atoms with E-state index in [2.05, 4.69) is 0 Å².